The van der Waals surface area contributed by atoms with Crippen LogP contribution >= 0.6 is 0 Å². The summed E-state index contributed by atoms with van der Waals surface area (Å²) in [4.78, 5) is 24.0. The van der Waals surface area contributed by atoms with Crippen LogP contribution in [-0.2, 0) is 9.53 Å². The average molecular weight is 258 g/mol. The third kappa shape index (κ3) is 5.35. The number of carbonyl (C=O) groups excluding carboxylic acids is 1. The van der Waals surface area contributed by atoms with Crippen LogP contribution in [0.5, 0.6) is 0 Å². The second-order valence-corrected chi connectivity index (χ2v) is 5.51. The lowest BCUT2D eigenvalue weighted by Crippen LogP contribution is -2.53. The van der Waals surface area contributed by atoms with Crippen molar-refractivity contribution in [2.75, 3.05) is 19.6 Å². The van der Waals surface area contributed by atoms with E-state index in [0.717, 1.165) is 0 Å². The summed E-state index contributed by atoms with van der Waals surface area (Å²) < 4.78 is 5.29. The van der Waals surface area contributed by atoms with Crippen molar-refractivity contribution in [3.05, 3.63) is 0 Å². The first-order valence-electron chi connectivity index (χ1n) is 6.21. The van der Waals surface area contributed by atoms with Gasteiger partial charge in [-0.05, 0) is 27.2 Å². The number of carbonyl (C=O) groups is 2. The SMILES string of the molecule is CC(C)(C)OC(=O)N1CCNC(CCC(=O)O)C1. The number of nitrogens with zero attached hydrogens (tertiary/aromatic N) is 1. The number of hydrogen-bond donors (Lipinski definition) is 2. The van der Waals surface area contributed by atoms with E-state index in [1.807, 2.05) is 20.8 Å². The van der Waals surface area contributed by atoms with Crippen molar-refractivity contribution in [3.8, 4) is 0 Å². The third-order valence-electron chi connectivity index (χ3n) is 2.61. The maximum atomic E-state index is 11.9. The molecule has 6 heteroatoms. The molecule has 0 aromatic carbocycles. The lowest BCUT2D eigenvalue weighted by Gasteiger charge is -2.34. The highest BCUT2D eigenvalue weighted by molar-refractivity contribution is 5.68. The van der Waals surface area contributed by atoms with Gasteiger partial charge in [0.05, 0.1) is 0 Å². The number of carboxylic acids is 1. The molecule has 1 aliphatic heterocycles. The van der Waals surface area contributed by atoms with Crippen molar-refractivity contribution in [3.63, 3.8) is 0 Å². The molecule has 1 fully saturated rings. The number of aliphatic carboxylic acids is 1. The molecule has 0 aromatic rings. The first kappa shape index (κ1) is 14.8. The minimum atomic E-state index is -0.814. The zero-order valence-corrected chi connectivity index (χ0v) is 11.2. The van der Waals surface area contributed by atoms with E-state index in [1.165, 1.54) is 0 Å². The average Bonchev–Trinajstić information content (AvgIpc) is 2.24. The molecule has 6 nitrogen and oxygen atoms in total. The first-order chi connectivity index (χ1) is 8.28. The van der Waals surface area contributed by atoms with Crippen molar-refractivity contribution in [1.82, 2.24) is 10.2 Å². The van der Waals surface area contributed by atoms with E-state index in [-0.39, 0.29) is 18.6 Å². The van der Waals surface area contributed by atoms with Crippen LogP contribution in [0.15, 0.2) is 0 Å². The second-order valence-electron chi connectivity index (χ2n) is 5.51. The third-order valence-corrected chi connectivity index (χ3v) is 2.61. The van der Waals surface area contributed by atoms with Gasteiger partial charge in [-0.1, -0.05) is 0 Å². The lowest BCUT2D eigenvalue weighted by atomic mass is 10.1. The standard InChI is InChI=1S/C12H22N2O4/c1-12(2,3)18-11(17)14-7-6-13-9(8-14)4-5-10(15)16/h9,13H,4-8H2,1-3H3,(H,15,16). The number of carboxylic acid groups (broad SMARTS) is 1. The fourth-order valence-electron chi connectivity index (χ4n) is 1.81. The van der Waals surface area contributed by atoms with Gasteiger partial charge in [0, 0.05) is 32.1 Å². The van der Waals surface area contributed by atoms with Gasteiger partial charge in [-0.15, -0.1) is 0 Å². The topological polar surface area (TPSA) is 78.9 Å². The largest absolute Gasteiger partial charge is 0.481 e. The van der Waals surface area contributed by atoms with E-state index in [1.54, 1.807) is 4.90 Å². The monoisotopic (exact) mass is 258 g/mol. The summed E-state index contributed by atoms with van der Waals surface area (Å²) in [5, 5.41) is 11.8. The highest BCUT2D eigenvalue weighted by atomic mass is 16.6. The van der Waals surface area contributed by atoms with Gasteiger partial charge in [-0.2, -0.15) is 0 Å². The number of hydrogen-bond acceptors (Lipinski definition) is 4. The minimum absolute atomic E-state index is 0.0300. The summed E-state index contributed by atoms with van der Waals surface area (Å²) in [6, 6.07) is 0.0300. The van der Waals surface area contributed by atoms with Crippen LogP contribution in [-0.4, -0.2) is 53.3 Å². The number of nitrogens with one attached hydrogen (secondary N) is 1. The van der Waals surface area contributed by atoms with Gasteiger partial charge in [0.1, 0.15) is 5.60 Å². The molecule has 1 heterocycles. The lowest BCUT2D eigenvalue weighted by molar-refractivity contribution is -0.137. The Bertz CT molecular complexity index is 312. The summed E-state index contributed by atoms with van der Waals surface area (Å²) in [6.07, 6.45) is 0.304. The Morgan fingerprint density at radius 3 is 2.67 bits per heavy atom. The Morgan fingerprint density at radius 2 is 2.11 bits per heavy atom. The summed E-state index contributed by atoms with van der Waals surface area (Å²) in [7, 11) is 0. The molecule has 2 N–H and O–H groups in total. The van der Waals surface area contributed by atoms with Gasteiger partial charge in [-0.3, -0.25) is 4.79 Å². The van der Waals surface area contributed by atoms with Crippen molar-refractivity contribution in [2.45, 2.75) is 45.3 Å². The highest BCUT2D eigenvalue weighted by Crippen LogP contribution is 2.12. The molecule has 104 valence electrons. The number of ether oxygens (including phenoxy) is 1. The van der Waals surface area contributed by atoms with E-state index in [0.29, 0.717) is 26.1 Å². The summed E-state index contributed by atoms with van der Waals surface area (Å²) in [6.45, 7) is 7.25. The highest BCUT2D eigenvalue weighted by Gasteiger charge is 2.27. The maximum absolute atomic E-state index is 11.9. The maximum Gasteiger partial charge on any atom is 0.410 e. The summed E-state index contributed by atoms with van der Waals surface area (Å²) in [5.41, 5.74) is -0.501. The minimum Gasteiger partial charge on any atom is -0.481 e. The van der Waals surface area contributed by atoms with E-state index < -0.39 is 11.6 Å². The van der Waals surface area contributed by atoms with Crippen molar-refractivity contribution in [2.24, 2.45) is 0 Å². The molecular weight excluding hydrogens is 236 g/mol. The van der Waals surface area contributed by atoms with Crippen LogP contribution in [0.1, 0.15) is 33.6 Å². The van der Waals surface area contributed by atoms with Crippen molar-refractivity contribution >= 4 is 12.1 Å². The predicted octanol–water partition coefficient (Wildman–Crippen LogP) is 1.06. The van der Waals surface area contributed by atoms with Gasteiger partial charge in [0.2, 0.25) is 0 Å². The number of rotatable bonds is 3. The molecule has 1 amide bonds. The molecule has 1 rings (SSSR count). The van der Waals surface area contributed by atoms with Gasteiger partial charge in [-0.25, -0.2) is 4.79 Å². The summed E-state index contributed by atoms with van der Waals surface area (Å²) >= 11 is 0. The van der Waals surface area contributed by atoms with Crippen LogP contribution in [0.2, 0.25) is 0 Å². The molecule has 0 saturated carbocycles. The van der Waals surface area contributed by atoms with Gasteiger partial charge >= 0.3 is 12.1 Å². The normalized spacial score (nSPS) is 20.6. The molecule has 0 spiro atoms. The fourth-order valence-corrected chi connectivity index (χ4v) is 1.81. The molecule has 0 bridgehead atoms. The first-order valence-corrected chi connectivity index (χ1v) is 6.21. The Hall–Kier alpha value is -1.30. The smallest absolute Gasteiger partial charge is 0.410 e. The Balaban J connectivity index is 2.43. The molecule has 1 unspecified atom stereocenters. The van der Waals surface area contributed by atoms with E-state index in [2.05, 4.69) is 5.32 Å². The van der Waals surface area contributed by atoms with E-state index >= 15 is 0 Å². The quantitative estimate of drug-likeness (QED) is 0.791. The Labute approximate surface area is 107 Å². The van der Waals surface area contributed by atoms with Crippen molar-refractivity contribution in [1.29, 1.82) is 0 Å². The van der Waals surface area contributed by atoms with Gasteiger partial charge in [0.25, 0.3) is 0 Å². The van der Waals surface area contributed by atoms with Crippen molar-refractivity contribution < 1.29 is 19.4 Å². The van der Waals surface area contributed by atoms with E-state index in [4.69, 9.17) is 9.84 Å². The molecule has 0 radical (unpaired) electrons. The Kier molecular flexibility index (Phi) is 4.95. The van der Waals surface area contributed by atoms with Crippen LogP contribution in [0.25, 0.3) is 0 Å². The zero-order chi connectivity index (χ0) is 13.8. The van der Waals surface area contributed by atoms with Gasteiger partial charge in [0.15, 0.2) is 0 Å². The molecule has 1 aliphatic rings. The summed E-state index contributed by atoms with van der Waals surface area (Å²) in [5.74, 6) is -0.814. The second kappa shape index (κ2) is 6.04. The van der Waals surface area contributed by atoms with Crippen LogP contribution < -0.4 is 5.32 Å². The molecule has 0 aromatic heterocycles. The molecular formula is C12H22N2O4. The number of piperazine rings is 1. The van der Waals surface area contributed by atoms with Crippen LogP contribution in [0.3, 0.4) is 0 Å². The van der Waals surface area contributed by atoms with Crippen LogP contribution in [0.4, 0.5) is 4.79 Å². The zero-order valence-electron chi connectivity index (χ0n) is 11.2. The van der Waals surface area contributed by atoms with Gasteiger partial charge < -0.3 is 20.1 Å². The number of amides is 1. The molecule has 18 heavy (non-hydrogen) atoms. The Morgan fingerprint density at radius 1 is 1.44 bits per heavy atom. The molecule has 1 saturated heterocycles. The fraction of sp³-hybridized carbons (Fsp3) is 0.833. The molecule has 1 atom stereocenters. The van der Waals surface area contributed by atoms with Crippen LogP contribution in [0, 0.1) is 0 Å². The predicted molar refractivity (Wildman–Crippen MR) is 66.5 cm³/mol. The molecule has 0 aliphatic carbocycles. The van der Waals surface area contributed by atoms with E-state index in [9.17, 15) is 9.59 Å².